The molecule has 1 amide bonds. The number of benzene rings is 2. The number of hydrogen-bond acceptors (Lipinski definition) is 4. The monoisotopic (exact) mass is 378 g/mol. The Morgan fingerprint density at radius 3 is 2.50 bits per heavy atom. The Morgan fingerprint density at radius 2 is 1.75 bits per heavy atom. The summed E-state index contributed by atoms with van der Waals surface area (Å²) in [5.74, 6) is 0.155. The van der Waals surface area contributed by atoms with Crippen LogP contribution >= 0.6 is 0 Å². The standard InChI is InChI=1S/C23H26N2O3/c24-20(16-28-15-17-6-2-1-3-7-17)22(27)25-12-10-23(11-13-25)14-21(26)18-8-4-5-9-19(18)23/h1-9,20H,10-16,24H2/t20-/m1/s1. The summed E-state index contributed by atoms with van der Waals surface area (Å²) in [5.41, 5.74) is 9.04. The average Bonchev–Trinajstić information content (AvgIpc) is 3.00. The molecule has 0 radical (unpaired) electrons. The molecule has 28 heavy (non-hydrogen) atoms. The van der Waals surface area contributed by atoms with Crippen LogP contribution < -0.4 is 5.73 Å². The largest absolute Gasteiger partial charge is 0.375 e. The lowest BCUT2D eigenvalue weighted by molar-refractivity contribution is -0.135. The van der Waals surface area contributed by atoms with Crippen molar-refractivity contribution >= 4 is 11.7 Å². The summed E-state index contributed by atoms with van der Waals surface area (Å²) < 4.78 is 5.63. The smallest absolute Gasteiger partial charge is 0.241 e. The number of fused-ring (bicyclic) bond motifs is 2. The van der Waals surface area contributed by atoms with E-state index in [1.807, 2.05) is 53.4 Å². The van der Waals surface area contributed by atoms with Crippen LogP contribution in [0, 0.1) is 0 Å². The molecule has 146 valence electrons. The summed E-state index contributed by atoms with van der Waals surface area (Å²) in [7, 11) is 0. The number of amides is 1. The van der Waals surface area contributed by atoms with Gasteiger partial charge in [0.25, 0.3) is 0 Å². The van der Waals surface area contributed by atoms with E-state index in [0.717, 1.165) is 29.5 Å². The second-order valence-corrected chi connectivity index (χ2v) is 7.86. The predicted octanol–water partition coefficient (Wildman–Crippen LogP) is 2.68. The summed E-state index contributed by atoms with van der Waals surface area (Å²) in [6.45, 7) is 1.92. The first-order valence-electron chi connectivity index (χ1n) is 9.88. The fourth-order valence-electron chi connectivity index (χ4n) is 4.47. The van der Waals surface area contributed by atoms with Gasteiger partial charge in [-0.25, -0.2) is 0 Å². The maximum absolute atomic E-state index is 12.7. The van der Waals surface area contributed by atoms with Gasteiger partial charge in [-0.15, -0.1) is 0 Å². The highest BCUT2D eigenvalue weighted by molar-refractivity contribution is 6.02. The highest BCUT2D eigenvalue weighted by atomic mass is 16.5. The molecule has 0 bridgehead atoms. The molecular formula is C23H26N2O3. The maximum Gasteiger partial charge on any atom is 0.241 e. The first-order chi connectivity index (χ1) is 13.6. The third kappa shape index (κ3) is 3.60. The van der Waals surface area contributed by atoms with Crippen molar-refractivity contribution in [3.63, 3.8) is 0 Å². The van der Waals surface area contributed by atoms with E-state index in [4.69, 9.17) is 10.5 Å². The van der Waals surface area contributed by atoms with Gasteiger partial charge in [-0.3, -0.25) is 9.59 Å². The predicted molar refractivity (Wildman–Crippen MR) is 107 cm³/mol. The number of ether oxygens (including phenoxy) is 1. The quantitative estimate of drug-likeness (QED) is 0.868. The molecule has 4 rings (SSSR count). The number of rotatable bonds is 5. The fraction of sp³-hybridized carbons (Fsp3) is 0.391. The van der Waals surface area contributed by atoms with Crippen LogP contribution in [0.25, 0.3) is 0 Å². The number of Topliss-reactive ketones (excluding diaryl/α,β-unsaturated/α-hetero) is 1. The summed E-state index contributed by atoms with van der Waals surface area (Å²) in [5, 5.41) is 0. The Kier molecular flexibility index (Phi) is 5.29. The zero-order chi connectivity index (χ0) is 19.6. The number of ketones is 1. The van der Waals surface area contributed by atoms with E-state index in [2.05, 4.69) is 6.07 Å². The molecule has 1 aliphatic carbocycles. The minimum absolute atomic E-state index is 0.0690. The second-order valence-electron chi connectivity index (χ2n) is 7.86. The summed E-state index contributed by atoms with van der Waals surface area (Å²) >= 11 is 0. The summed E-state index contributed by atoms with van der Waals surface area (Å²) in [6, 6.07) is 17.1. The van der Waals surface area contributed by atoms with Gasteiger partial charge >= 0.3 is 0 Å². The van der Waals surface area contributed by atoms with Gasteiger partial charge in [0, 0.05) is 30.5 Å². The number of carbonyl (C=O) groups excluding carboxylic acids is 2. The Morgan fingerprint density at radius 1 is 1.07 bits per heavy atom. The number of likely N-dealkylation sites (tertiary alicyclic amines) is 1. The minimum Gasteiger partial charge on any atom is -0.375 e. The van der Waals surface area contributed by atoms with Crippen molar-refractivity contribution in [3.8, 4) is 0 Å². The normalized spacial score (nSPS) is 18.9. The molecule has 1 fully saturated rings. The van der Waals surface area contributed by atoms with E-state index < -0.39 is 6.04 Å². The maximum atomic E-state index is 12.7. The zero-order valence-corrected chi connectivity index (χ0v) is 16.0. The van der Waals surface area contributed by atoms with Crippen LogP contribution in [0.2, 0.25) is 0 Å². The number of hydrogen-bond donors (Lipinski definition) is 1. The van der Waals surface area contributed by atoms with Crippen molar-refractivity contribution in [2.75, 3.05) is 19.7 Å². The molecule has 2 aromatic carbocycles. The van der Waals surface area contributed by atoms with Crippen LogP contribution in [-0.2, 0) is 21.6 Å². The van der Waals surface area contributed by atoms with Crippen molar-refractivity contribution in [2.24, 2.45) is 5.73 Å². The van der Waals surface area contributed by atoms with Crippen molar-refractivity contribution in [1.29, 1.82) is 0 Å². The van der Waals surface area contributed by atoms with E-state index in [9.17, 15) is 9.59 Å². The highest BCUT2D eigenvalue weighted by Gasteiger charge is 2.45. The van der Waals surface area contributed by atoms with Crippen LogP contribution in [0.4, 0.5) is 0 Å². The Labute approximate surface area is 165 Å². The van der Waals surface area contributed by atoms with E-state index in [0.29, 0.717) is 26.1 Å². The van der Waals surface area contributed by atoms with Gasteiger partial charge in [-0.1, -0.05) is 54.6 Å². The molecule has 1 atom stereocenters. The minimum atomic E-state index is -0.657. The molecule has 2 N–H and O–H groups in total. The van der Waals surface area contributed by atoms with Gasteiger partial charge in [0.05, 0.1) is 13.2 Å². The van der Waals surface area contributed by atoms with Gasteiger partial charge in [0.1, 0.15) is 6.04 Å². The van der Waals surface area contributed by atoms with Gasteiger partial charge in [0.2, 0.25) is 5.91 Å². The lowest BCUT2D eigenvalue weighted by Gasteiger charge is -2.40. The van der Waals surface area contributed by atoms with Gasteiger partial charge in [0.15, 0.2) is 5.78 Å². The fourth-order valence-corrected chi connectivity index (χ4v) is 4.47. The van der Waals surface area contributed by atoms with Crippen LogP contribution in [0.5, 0.6) is 0 Å². The molecule has 0 unspecified atom stereocenters. The number of piperidine rings is 1. The second kappa shape index (κ2) is 7.86. The molecule has 0 saturated carbocycles. The Bertz CT molecular complexity index is 857. The number of carbonyl (C=O) groups is 2. The van der Waals surface area contributed by atoms with Crippen LogP contribution in [0.1, 0.15) is 40.7 Å². The first kappa shape index (κ1) is 18.8. The molecule has 1 saturated heterocycles. The van der Waals surface area contributed by atoms with Gasteiger partial charge in [-0.2, -0.15) is 0 Å². The average molecular weight is 378 g/mol. The highest BCUT2D eigenvalue weighted by Crippen LogP contribution is 2.46. The zero-order valence-electron chi connectivity index (χ0n) is 16.0. The van der Waals surface area contributed by atoms with E-state index in [1.165, 1.54) is 0 Å². The molecule has 1 heterocycles. The third-order valence-corrected chi connectivity index (χ3v) is 6.06. The molecule has 2 aromatic rings. The molecule has 2 aliphatic rings. The van der Waals surface area contributed by atoms with Crippen LogP contribution in [0.3, 0.4) is 0 Å². The number of nitrogens with zero attached hydrogens (tertiary/aromatic N) is 1. The number of nitrogens with two attached hydrogens (primary N) is 1. The Balaban J connectivity index is 1.31. The summed E-state index contributed by atoms with van der Waals surface area (Å²) in [6.07, 6.45) is 2.17. The molecule has 1 spiro atoms. The molecule has 5 nitrogen and oxygen atoms in total. The van der Waals surface area contributed by atoms with E-state index in [1.54, 1.807) is 0 Å². The lowest BCUT2D eigenvalue weighted by Crippen LogP contribution is -2.51. The molecule has 5 heteroatoms. The van der Waals surface area contributed by atoms with Crippen molar-refractivity contribution in [3.05, 3.63) is 71.3 Å². The van der Waals surface area contributed by atoms with E-state index >= 15 is 0 Å². The first-order valence-corrected chi connectivity index (χ1v) is 9.88. The van der Waals surface area contributed by atoms with Crippen molar-refractivity contribution in [2.45, 2.75) is 37.3 Å². The van der Waals surface area contributed by atoms with Crippen LogP contribution in [-0.4, -0.2) is 42.3 Å². The third-order valence-electron chi connectivity index (χ3n) is 6.06. The Hall–Kier alpha value is -2.50. The van der Waals surface area contributed by atoms with E-state index in [-0.39, 0.29) is 23.7 Å². The topological polar surface area (TPSA) is 72.6 Å². The lowest BCUT2D eigenvalue weighted by atomic mass is 9.73. The SMILES string of the molecule is N[C@H](COCc1ccccc1)C(=O)N1CCC2(CC1)CC(=O)c1ccccc12. The van der Waals surface area contributed by atoms with Crippen molar-refractivity contribution < 1.29 is 14.3 Å². The van der Waals surface area contributed by atoms with Crippen molar-refractivity contribution in [1.82, 2.24) is 4.90 Å². The summed E-state index contributed by atoms with van der Waals surface area (Å²) in [4.78, 5) is 26.9. The molecule has 0 aromatic heterocycles. The van der Waals surface area contributed by atoms with Gasteiger partial charge < -0.3 is 15.4 Å². The van der Waals surface area contributed by atoms with Gasteiger partial charge in [-0.05, 0) is 24.0 Å². The molecular weight excluding hydrogens is 352 g/mol. The molecule has 1 aliphatic heterocycles. The van der Waals surface area contributed by atoms with Crippen LogP contribution in [0.15, 0.2) is 54.6 Å².